The summed E-state index contributed by atoms with van der Waals surface area (Å²) in [5.74, 6) is 0.396. The summed E-state index contributed by atoms with van der Waals surface area (Å²) in [5, 5.41) is 4.61. The molecule has 0 unspecified atom stereocenters. The van der Waals surface area contributed by atoms with Gasteiger partial charge in [-0.3, -0.25) is 9.97 Å². The summed E-state index contributed by atoms with van der Waals surface area (Å²) < 4.78 is 13.5. The summed E-state index contributed by atoms with van der Waals surface area (Å²) in [6, 6.07) is 14.6. The molecule has 3 heterocycles. The molecule has 0 fully saturated rings. The maximum absolute atomic E-state index is 13.5. The van der Waals surface area contributed by atoms with Crippen molar-refractivity contribution in [3.05, 3.63) is 101 Å². The van der Waals surface area contributed by atoms with Crippen molar-refractivity contribution < 1.29 is 55.8 Å². The van der Waals surface area contributed by atoms with Gasteiger partial charge in [-0.25, -0.2) is 4.39 Å². The molecule has 0 aliphatic heterocycles. The van der Waals surface area contributed by atoms with Gasteiger partial charge < -0.3 is 10.3 Å². The Morgan fingerprint density at radius 2 is 1.68 bits per heavy atom. The van der Waals surface area contributed by atoms with Gasteiger partial charge in [-0.05, 0) is 79.4 Å². The van der Waals surface area contributed by atoms with Gasteiger partial charge >= 0.3 is 51.4 Å². The minimum absolute atomic E-state index is 0. The van der Waals surface area contributed by atoms with Gasteiger partial charge in [0.25, 0.3) is 0 Å². The van der Waals surface area contributed by atoms with E-state index in [1.807, 2.05) is 44.3 Å². The van der Waals surface area contributed by atoms with Crippen molar-refractivity contribution in [3.63, 3.8) is 0 Å². The Bertz CT molecular complexity index is 1110. The predicted molar refractivity (Wildman–Crippen MR) is 118 cm³/mol. The Hall–Kier alpha value is -1.96. The summed E-state index contributed by atoms with van der Waals surface area (Å²) in [5.41, 5.74) is 7.83. The monoisotopic (exact) mass is 436 g/mol. The summed E-state index contributed by atoms with van der Waals surface area (Å²) in [4.78, 5) is 13.3. The maximum Gasteiger partial charge on any atom is 1.00 e. The van der Waals surface area contributed by atoms with Gasteiger partial charge in [-0.1, -0.05) is 36.3 Å². The number of halogens is 1. The van der Waals surface area contributed by atoms with Gasteiger partial charge in [0, 0.05) is 23.7 Å². The van der Waals surface area contributed by atoms with Gasteiger partial charge in [0.1, 0.15) is 5.82 Å². The minimum Gasteiger partial charge on any atom is -0.461 e. The third-order valence-electron chi connectivity index (χ3n) is 4.96. The molecule has 4 nitrogen and oxygen atoms in total. The van der Waals surface area contributed by atoms with Gasteiger partial charge in [-0.2, -0.15) is 0 Å². The molecule has 150 valence electrons. The molecule has 0 aliphatic rings. The zero-order chi connectivity index (χ0) is 21.1. The zero-order valence-corrected chi connectivity index (χ0v) is 21.3. The SMILES string of the molecule is Cc1cc(-c2ncc(C[N-]c3cc(C)c(-c4cccc(F)c4)cn3)cc2C)ccn1.[K+]. The van der Waals surface area contributed by atoms with Gasteiger partial charge in [0.15, 0.2) is 0 Å². The smallest absolute Gasteiger partial charge is 0.461 e. The van der Waals surface area contributed by atoms with Crippen LogP contribution in [0.2, 0.25) is 0 Å². The summed E-state index contributed by atoms with van der Waals surface area (Å²) in [6.07, 6.45) is 5.41. The average molecular weight is 437 g/mol. The van der Waals surface area contributed by atoms with Crippen LogP contribution in [-0.2, 0) is 6.54 Å². The number of nitrogens with zero attached hydrogens (tertiary/aromatic N) is 4. The Balaban J connectivity index is 0.00000272. The molecule has 0 bridgehead atoms. The number of benzene rings is 1. The first-order chi connectivity index (χ1) is 14.5. The number of rotatable bonds is 5. The van der Waals surface area contributed by atoms with E-state index in [2.05, 4.69) is 33.3 Å². The molecule has 0 saturated heterocycles. The van der Waals surface area contributed by atoms with Crippen LogP contribution in [0.4, 0.5) is 10.2 Å². The van der Waals surface area contributed by atoms with E-state index >= 15 is 0 Å². The van der Waals surface area contributed by atoms with Gasteiger partial charge in [0.05, 0.1) is 5.69 Å². The Morgan fingerprint density at radius 1 is 0.839 bits per heavy atom. The van der Waals surface area contributed by atoms with E-state index in [0.29, 0.717) is 12.4 Å². The van der Waals surface area contributed by atoms with Crippen molar-refractivity contribution in [1.82, 2.24) is 15.0 Å². The third kappa shape index (κ3) is 5.84. The Morgan fingerprint density at radius 3 is 2.39 bits per heavy atom. The van der Waals surface area contributed by atoms with Crippen LogP contribution in [0.25, 0.3) is 27.7 Å². The molecule has 6 heteroatoms. The van der Waals surface area contributed by atoms with Crippen molar-refractivity contribution in [2.75, 3.05) is 0 Å². The first-order valence-electron chi connectivity index (χ1n) is 9.78. The van der Waals surface area contributed by atoms with Crippen LogP contribution >= 0.6 is 0 Å². The first kappa shape index (κ1) is 23.7. The number of hydrogen-bond donors (Lipinski definition) is 0. The number of aryl methyl sites for hydroxylation is 3. The summed E-state index contributed by atoms with van der Waals surface area (Å²) >= 11 is 0. The largest absolute Gasteiger partial charge is 1.00 e. The quantitative estimate of drug-likeness (QED) is 0.450. The molecular weight excluding hydrogens is 414 g/mol. The van der Waals surface area contributed by atoms with Crippen LogP contribution in [0.1, 0.15) is 22.4 Å². The molecule has 0 radical (unpaired) electrons. The molecule has 4 rings (SSSR count). The fourth-order valence-corrected chi connectivity index (χ4v) is 3.47. The van der Waals surface area contributed by atoms with E-state index in [-0.39, 0.29) is 57.2 Å². The van der Waals surface area contributed by atoms with Crippen LogP contribution in [0, 0.1) is 26.6 Å². The molecule has 0 N–H and O–H groups in total. The second kappa shape index (κ2) is 10.6. The molecule has 3 aromatic heterocycles. The Labute approximate surface area is 224 Å². The second-order valence-corrected chi connectivity index (χ2v) is 7.38. The second-order valence-electron chi connectivity index (χ2n) is 7.38. The van der Waals surface area contributed by atoms with Gasteiger partial charge in [0.2, 0.25) is 0 Å². The number of pyridine rings is 3. The topological polar surface area (TPSA) is 52.8 Å². The molecule has 1 aromatic carbocycles. The number of hydrogen-bond acceptors (Lipinski definition) is 3. The molecule has 0 aliphatic carbocycles. The molecule has 31 heavy (non-hydrogen) atoms. The normalized spacial score (nSPS) is 10.5. The maximum atomic E-state index is 13.5. The van der Waals surface area contributed by atoms with Crippen LogP contribution < -0.4 is 51.4 Å². The minimum atomic E-state index is -0.256. The van der Waals surface area contributed by atoms with E-state index in [1.165, 1.54) is 12.1 Å². The fourth-order valence-electron chi connectivity index (χ4n) is 3.47. The summed E-state index contributed by atoms with van der Waals surface area (Å²) in [7, 11) is 0. The molecule has 0 amide bonds. The molecule has 4 aromatic rings. The third-order valence-corrected chi connectivity index (χ3v) is 4.96. The van der Waals surface area contributed by atoms with Crippen LogP contribution in [0.5, 0.6) is 0 Å². The predicted octanol–water partition coefficient (Wildman–Crippen LogP) is 3.48. The average Bonchev–Trinajstić information content (AvgIpc) is 2.72. The van der Waals surface area contributed by atoms with Crippen LogP contribution in [0.3, 0.4) is 0 Å². The number of aromatic nitrogens is 3. The Kier molecular flexibility index (Phi) is 8.08. The van der Waals surface area contributed by atoms with E-state index in [0.717, 1.165) is 44.8 Å². The van der Waals surface area contributed by atoms with Crippen LogP contribution in [0.15, 0.2) is 67.1 Å². The van der Waals surface area contributed by atoms with Gasteiger partial charge in [-0.15, -0.1) is 0 Å². The van der Waals surface area contributed by atoms with E-state index in [9.17, 15) is 4.39 Å². The van der Waals surface area contributed by atoms with Crippen molar-refractivity contribution in [1.29, 1.82) is 0 Å². The first-order valence-corrected chi connectivity index (χ1v) is 9.78. The molecule has 0 spiro atoms. The fraction of sp³-hybridized carbons (Fsp3) is 0.160. The van der Waals surface area contributed by atoms with E-state index in [1.54, 1.807) is 18.5 Å². The van der Waals surface area contributed by atoms with Crippen molar-refractivity contribution >= 4 is 5.82 Å². The summed E-state index contributed by atoms with van der Waals surface area (Å²) in [6.45, 7) is 6.51. The van der Waals surface area contributed by atoms with Crippen molar-refractivity contribution in [2.45, 2.75) is 27.3 Å². The van der Waals surface area contributed by atoms with E-state index in [4.69, 9.17) is 0 Å². The standard InChI is InChI=1S/C25H22FN4.K/c1-16-10-24(29-15-23(16)20-5-4-6-22(26)12-20)28-13-19-9-17(2)25(30-14-19)21-7-8-27-18(3)11-21;/h4-12,14-15H,13H2,1-3H3;/q-1;+1. The van der Waals surface area contributed by atoms with Crippen molar-refractivity contribution in [3.8, 4) is 22.4 Å². The van der Waals surface area contributed by atoms with E-state index < -0.39 is 0 Å². The zero-order valence-electron chi connectivity index (χ0n) is 18.2. The molecule has 0 saturated carbocycles. The molecular formula is C25H22FKN4. The van der Waals surface area contributed by atoms with Crippen LogP contribution in [-0.4, -0.2) is 15.0 Å². The van der Waals surface area contributed by atoms with Crippen molar-refractivity contribution in [2.24, 2.45) is 0 Å². The molecule has 0 atom stereocenters.